The van der Waals surface area contributed by atoms with Gasteiger partial charge in [0, 0.05) is 25.5 Å². The summed E-state index contributed by atoms with van der Waals surface area (Å²) in [5.74, 6) is -2.96. The number of carbonyl (C=O) groups excluding carboxylic acids is 3. The number of nitrogens with two attached hydrogens (primary N) is 1. The third-order valence-corrected chi connectivity index (χ3v) is 6.62. The summed E-state index contributed by atoms with van der Waals surface area (Å²) in [5.41, 5.74) is 7.90. The number of halogens is 2. The third-order valence-electron chi connectivity index (χ3n) is 6.02. The van der Waals surface area contributed by atoms with Gasteiger partial charge in [0.2, 0.25) is 0 Å². The summed E-state index contributed by atoms with van der Waals surface area (Å²) >= 11 is 12.7. The van der Waals surface area contributed by atoms with E-state index < -0.39 is 23.8 Å². The highest BCUT2D eigenvalue weighted by molar-refractivity contribution is 6.40. The highest BCUT2D eigenvalue weighted by Gasteiger charge is 2.25. The molecular formula is C29H28Cl2N4O5. The van der Waals surface area contributed by atoms with Crippen molar-refractivity contribution in [1.29, 1.82) is 5.41 Å². The molecule has 0 aliphatic heterocycles. The van der Waals surface area contributed by atoms with Crippen molar-refractivity contribution in [1.82, 2.24) is 10.2 Å². The van der Waals surface area contributed by atoms with Crippen molar-refractivity contribution in [2.24, 2.45) is 5.73 Å². The number of amides is 2. The fourth-order valence-electron chi connectivity index (χ4n) is 4.05. The molecule has 3 aromatic carbocycles. The van der Waals surface area contributed by atoms with Crippen LogP contribution in [0.25, 0.3) is 11.1 Å². The molecule has 0 aliphatic rings. The van der Waals surface area contributed by atoms with Crippen molar-refractivity contribution in [3.8, 4) is 11.1 Å². The molecule has 0 aromatic heterocycles. The quantitative estimate of drug-likeness (QED) is 0.183. The summed E-state index contributed by atoms with van der Waals surface area (Å²) in [4.78, 5) is 51.3. The number of carboxylic acids is 1. The Hall–Kier alpha value is -4.21. The first-order valence-corrected chi connectivity index (χ1v) is 13.0. The smallest absolute Gasteiger partial charge is 0.326 e. The number of benzene rings is 3. The van der Waals surface area contributed by atoms with Crippen LogP contribution in [-0.2, 0) is 16.0 Å². The van der Waals surface area contributed by atoms with E-state index in [1.54, 1.807) is 36.4 Å². The molecule has 0 fully saturated rings. The van der Waals surface area contributed by atoms with Crippen LogP contribution in [0.1, 0.15) is 39.1 Å². The Morgan fingerprint density at radius 1 is 0.975 bits per heavy atom. The maximum atomic E-state index is 12.9. The van der Waals surface area contributed by atoms with Crippen LogP contribution in [0.4, 0.5) is 0 Å². The molecule has 1 atom stereocenters. The average Bonchev–Trinajstić information content (AvgIpc) is 2.90. The van der Waals surface area contributed by atoms with Crippen molar-refractivity contribution in [2.75, 3.05) is 13.6 Å². The van der Waals surface area contributed by atoms with Crippen molar-refractivity contribution in [3.63, 3.8) is 0 Å². The van der Waals surface area contributed by atoms with Gasteiger partial charge in [0.1, 0.15) is 6.04 Å². The van der Waals surface area contributed by atoms with Crippen molar-refractivity contribution in [3.05, 3.63) is 93.5 Å². The van der Waals surface area contributed by atoms with Crippen LogP contribution in [-0.4, -0.2) is 59.0 Å². The highest BCUT2D eigenvalue weighted by Crippen LogP contribution is 2.32. The van der Waals surface area contributed by atoms with Gasteiger partial charge in [-0.2, -0.15) is 0 Å². The van der Waals surface area contributed by atoms with E-state index in [1.807, 2.05) is 30.3 Å². The molecular weight excluding hydrogens is 555 g/mol. The molecule has 3 rings (SSSR count). The van der Waals surface area contributed by atoms with Crippen molar-refractivity contribution in [2.45, 2.75) is 25.3 Å². The molecule has 0 saturated carbocycles. The zero-order valence-electron chi connectivity index (χ0n) is 21.6. The van der Waals surface area contributed by atoms with E-state index in [0.29, 0.717) is 16.7 Å². The molecule has 3 aromatic rings. The van der Waals surface area contributed by atoms with Crippen LogP contribution in [0.2, 0.25) is 10.0 Å². The van der Waals surface area contributed by atoms with Crippen LogP contribution >= 0.6 is 23.2 Å². The fourth-order valence-corrected chi connectivity index (χ4v) is 4.71. The number of carboxylic acid groups (broad SMARTS) is 1. The summed E-state index contributed by atoms with van der Waals surface area (Å²) in [6.45, 7) is -0.255. The number of carbonyl (C=O) groups is 4. The Morgan fingerprint density at radius 2 is 1.62 bits per heavy atom. The van der Waals surface area contributed by atoms with Gasteiger partial charge in [0.25, 0.3) is 11.8 Å². The largest absolute Gasteiger partial charge is 0.480 e. The van der Waals surface area contributed by atoms with Crippen LogP contribution in [0.5, 0.6) is 0 Å². The Labute approximate surface area is 241 Å². The van der Waals surface area contributed by atoms with Gasteiger partial charge in [-0.05, 0) is 47.4 Å². The van der Waals surface area contributed by atoms with Crippen LogP contribution in [0.3, 0.4) is 0 Å². The fraction of sp³-hybridized carbons (Fsp3) is 0.207. The molecule has 2 amide bonds. The number of rotatable bonds is 12. The van der Waals surface area contributed by atoms with Gasteiger partial charge in [-0.1, -0.05) is 65.7 Å². The number of hydrogen-bond acceptors (Lipinski definition) is 5. The van der Waals surface area contributed by atoms with Gasteiger partial charge in [0.05, 0.1) is 28.0 Å². The second kappa shape index (κ2) is 13.7. The SMILES string of the molecule is CN(CC(=O)CC[C@H](NC(=O)c1c(Cl)cc(-c2ccccc2)cc1Cl)C(=O)O)C(=O)c1cccc(CC(=N)N)c1. The summed E-state index contributed by atoms with van der Waals surface area (Å²) < 4.78 is 0. The normalized spacial score (nSPS) is 11.4. The van der Waals surface area contributed by atoms with Crippen LogP contribution in [0, 0.1) is 5.41 Å². The van der Waals surface area contributed by atoms with Gasteiger partial charge in [-0.25, -0.2) is 4.79 Å². The third kappa shape index (κ3) is 8.14. The minimum absolute atomic E-state index is 0.0399. The Kier molecular flexibility index (Phi) is 10.4. The number of amidine groups is 1. The summed E-state index contributed by atoms with van der Waals surface area (Å²) in [7, 11) is 1.46. The van der Waals surface area contributed by atoms with E-state index in [0.717, 1.165) is 5.56 Å². The van der Waals surface area contributed by atoms with Gasteiger partial charge in [-0.15, -0.1) is 0 Å². The van der Waals surface area contributed by atoms with Gasteiger partial charge in [-0.3, -0.25) is 19.8 Å². The van der Waals surface area contributed by atoms with Crippen molar-refractivity contribution >= 4 is 52.6 Å². The lowest BCUT2D eigenvalue weighted by atomic mass is 10.0. The molecule has 0 unspecified atom stereocenters. The minimum Gasteiger partial charge on any atom is -0.480 e. The lowest BCUT2D eigenvalue weighted by molar-refractivity contribution is -0.139. The molecule has 11 heteroatoms. The van der Waals surface area contributed by atoms with Crippen LogP contribution < -0.4 is 11.1 Å². The second-order valence-corrected chi connectivity index (χ2v) is 10.0. The van der Waals surface area contributed by atoms with Crippen LogP contribution in [0.15, 0.2) is 66.7 Å². The van der Waals surface area contributed by atoms with Gasteiger partial charge >= 0.3 is 5.97 Å². The average molecular weight is 583 g/mol. The zero-order valence-corrected chi connectivity index (χ0v) is 23.1. The molecule has 0 aliphatic carbocycles. The number of likely N-dealkylation sites (N-methyl/N-ethyl adjacent to an activating group) is 1. The van der Waals surface area contributed by atoms with E-state index in [2.05, 4.69) is 5.32 Å². The van der Waals surface area contributed by atoms with E-state index >= 15 is 0 Å². The maximum Gasteiger partial charge on any atom is 0.326 e. The van der Waals surface area contributed by atoms with Gasteiger partial charge < -0.3 is 21.1 Å². The predicted molar refractivity (Wildman–Crippen MR) is 154 cm³/mol. The molecule has 208 valence electrons. The van der Waals surface area contributed by atoms with E-state index in [-0.39, 0.29) is 53.0 Å². The molecule has 0 radical (unpaired) electrons. The standard InChI is InChI=1S/C29H28Cl2N4O5/c1-35(28(38)19-9-5-6-17(12-19)13-25(32)33)16-21(36)10-11-24(29(39)40)34-27(37)26-22(30)14-20(15-23(26)31)18-7-3-2-4-8-18/h2-9,12,14-15,24H,10-11,13,16H2,1H3,(H3,32,33)(H,34,37)(H,39,40)/t24-/m0/s1. The first kappa shape index (κ1) is 30.3. The summed E-state index contributed by atoms with van der Waals surface area (Å²) in [5, 5.41) is 19.5. The Morgan fingerprint density at radius 3 is 2.23 bits per heavy atom. The summed E-state index contributed by atoms with van der Waals surface area (Å²) in [6.07, 6.45) is -0.208. The number of hydrogen-bond donors (Lipinski definition) is 4. The number of Topliss-reactive ketones (excluding diaryl/α,β-unsaturated/α-hetero) is 1. The first-order chi connectivity index (χ1) is 19.0. The van der Waals surface area contributed by atoms with E-state index in [1.165, 1.54) is 11.9 Å². The molecule has 5 N–H and O–H groups in total. The van der Waals surface area contributed by atoms with Crippen molar-refractivity contribution < 1.29 is 24.3 Å². The molecule has 40 heavy (non-hydrogen) atoms. The number of ketones is 1. The Balaban J connectivity index is 1.61. The topological polar surface area (TPSA) is 154 Å². The lowest BCUT2D eigenvalue weighted by Gasteiger charge is -2.19. The summed E-state index contributed by atoms with van der Waals surface area (Å²) in [6, 6.07) is 17.6. The zero-order chi connectivity index (χ0) is 29.4. The number of nitrogens with one attached hydrogen (secondary N) is 2. The van der Waals surface area contributed by atoms with E-state index in [4.69, 9.17) is 34.3 Å². The molecule has 0 heterocycles. The number of nitrogens with zero attached hydrogens (tertiary/aromatic N) is 1. The predicted octanol–water partition coefficient (Wildman–Crippen LogP) is 4.44. The Bertz CT molecular complexity index is 1420. The molecule has 9 nitrogen and oxygen atoms in total. The monoisotopic (exact) mass is 582 g/mol. The number of aliphatic carboxylic acids is 1. The minimum atomic E-state index is -1.39. The first-order valence-electron chi connectivity index (χ1n) is 12.2. The van der Waals surface area contributed by atoms with Gasteiger partial charge in [0.15, 0.2) is 5.78 Å². The maximum absolute atomic E-state index is 12.9. The molecule has 0 spiro atoms. The van der Waals surface area contributed by atoms with E-state index in [9.17, 15) is 24.3 Å². The lowest BCUT2D eigenvalue weighted by Crippen LogP contribution is -2.41. The highest BCUT2D eigenvalue weighted by atomic mass is 35.5. The molecule has 0 saturated heterocycles. The molecule has 0 bridgehead atoms. The second-order valence-electron chi connectivity index (χ2n) is 9.19.